The SMILES string of the molecule is COc1ccc(C(=O)NCC(=O)OCC(=O)NCc2ccco2)cc1. The van der Waals surface area contributed by atoms with Crippen molar-refractivity contribution in [3.63, 3.8) is 0 Å². The van der Waals surface area contributed by atoms with E-state index in [1.165, 1.54) is 13.4 Å². The number of hydrogen-bond acceptors (Lipinski definition) is 6. The Kier molecular flexibility index (Phi) is 6.58. The molecule has 25 heavy (non-hydrogen) atoms. The maximum atomic E-state index is 11.9. The Bertz CT molecular complexity index is 709. The summed E-state index contributed by atoms with van der Waals surface area (Å²) in [7, 11) is 1.52. The van der Waals surface area contributed by atoms with Crippen LogP contribution in [0.4, 0.5) is 0 Å². The van der Waals surface area contributed by atoms with Crippen LogP contribution in [0, 0.1) is 0 Å². The molecule has 2 aromatic rings. The van der Waals surface area contributed by atoms with Crippen molar-refractivity contribution in [2.45, 2.75) is 6.54 Å². The van der Waals surface area contributed by atoms with E-state index in [4.69, 9.17) is 13.9 Å². The fourth-order valence-electron chi connectivity index (χ4n) is 1.84. The van der Waals surface area contributed by atoms with Gasteiger partial charge in [-0.05, 0) is 36.4 Å². The van der Waals surface area contributed by atoms with Gasteiger partial charge in [0.05, 0.1) is 19.9 Å². The lowest BCUT2D eigenvalue weighted by atomic mass is 10.2. The van der Waals surface area contributed by atoms with E-state index in [2.05, 4.69) is 10.6 Å². The second kappa shape index (κ2) is 9.11. The molecule has 8 nitrogen and oxygen atoms in total. The third kappa shape index (κ3) is 6.02. The highest BCUT2D eigenvalue weighted by Crippen LogP contribution is 2.10. The van der Waals surface area contributed by atoms with Crippen LogP contribution in [0.2, 0.25) is 0 Å². The number of hydrogen-bond donors (Lipinski definition) is 2. The number of carbonyl (C=O) groups excluding carboxylic acids is 3. The number of benzene rings is 1. The van der Waals surface area contributed by atoms with Gasteiger partial charge < -0.3 is 24.5 Å². The highest BCUT2D eigenvalue weighted by molar-refractivity contribution is 5.96. The Balaban J connectivity index is 1.65. The van der Waals surface area contributed by atoms with Gasteiger partial charge in [0.25, 0.3) is 11.8 Å². The van der Waals surface area contributed by atoms with Crippen molar-refractivity contribution in [1.29, 1.82) is 0 Å². The third-order valence-electron chi connectivity index (χ3n) is 3.15. The van der Waals surface area contributed by atoms with Gasteiger partial charge in [0.15, 0.2) is 6.61 Å². The molecule has 0 spiro atoms. The van der Waals surface area contributed by atoms with E-state index >= 15 is 0 Å². The van der Waals surface area contributed by atoms with E-state index in [0.717, 1.165) is 0 Å². The van der Waals surface area contributed by atoms with Crippen molar-refractivity contribution in [2.75, 3.05) is 20.3 Å². The van der Waals surface area contributed by atoms with Crippen molar-refractivity contribution >= 4 is 17.8 Å². The van der Waals surface area contributed by atoms with Gasteiger partial charge in [-0.2, -0.15) is 0 Å². The minimum absolute atomic E-state index is 0.206. The van der Waals surface area contributed by atoms with Crippen molar-refractivity contribution in [3.8, 4) is 5.75 Å². The maximum absolute atomic E-state index is 11.9. The zero-order valence-electron chi connectivity index (χ0n) is 13.6. The molecule has 0 fully saturated rings. The Morgan fingerprint density at radius 1 is 1.08 bits per heavy atom. The van der Waals surface area contributed by atoms with Crippen LogP contribution in [0.25, 0.3) is 0 Å². The maximum Gasteiger partial charge on any atom is 0.325 e. The summed E-state index contributed by atoms with van der Waals surface area (Å²) < 4.78 is 14.8. The van der Waals surface area contributed by atoms with E-state index < -0.39 is 24.4 Å². The van der Waals surface area contributed by atoms with Gasteiger partial charge in [-0.25, -0.2) is 0 Å². The Morgan fingerprint density at radius 3 is 2.48 bits per heavy atom. The Hall–Kier alpha value is -3.29. The van der Waals surface area contributed by atoms with Crippen LogP contribution in [-0.2, 0) is 20.9 Å². The number of furan rings is 1. The lowest BCUT2D eigenvalue weighted by Gasteiger charge is -2.07. The quantitative estimate of drug-likeness (QED) is 0.687. The molecule has 1 aromatic carbocycles. The predicted octanol–water partition coefficient (Wildman–Crippen LogP) is 0.878. The Morgan fingerprint density at radius 2 is 1.84 bits per heavy atom. The van der Waals surface area contributed by atoms with Gasteiger partial charge >= 0.3 is 5.97 Å². The highest BCUT2D eigenvalue weighted by Gasteiger charge is 2.11. The minimum atomic E-state index is -0.713. The van der Waals surface area contributed by atoms with Crippen molar-refractivity contribution < 1.29 is 28.3 Å². The number of esters is 1. The number of carbonyl (C=O) groups is 3. The normalized spacial score (nSPS) is 9.96. The summed E-state index contributed by atoms with van der Waals surface area (Å²) in [4.78, 5) is 35.0. The van der Waals surface area contributed by atoms with Gasteiger partial charge in [0.2, 0.25) is 0 Å². The fourth-order valence-corrected chi connectivity index (χ4v) is 1.84. The van der Waals surface area contributed by atoms with E-state index in [1.807, 2.05) is 0 Å². The summed E-state index contributed by atoms with van der Waals surface area (Å²) in [6.45, 7) is -0.564. The Labute approximate surface area is 144 Å². The summed E-state index contributed by atoms with van der Waals surface area (Å²) >= 11 is 0. The first kappa shape index (κ1) is 18.1. The lowest BCUT2D eigenvalue weighted by molar-refractivity contribution is -0.147. The summed E-state index contributed by atoms with van der Waals surface area (Å²) in [6.07, 6.45) is 1.49. The largest absolute Gasteiger partial charge is 0.497 e. The summed E-state index contributed by atoms with van der Waals surface area (Å²) in [6, 6.07) is 9.82. The molecule has 2 rings (SSSR count). The van der Waals surface area contributed by atoms with Gasteiger partial charge in [0.1, 0.15) is 18.1 Å². The number of methoxy groups -OCH3 is 1. The molecule has 0 saturated heterocycles. The van der Waals surface area contributed by atoms with Gasteiger partial charge in [-0.15, -0.1) is 0 Å². The molecule has 0 aliphatic carbocycles. The second-order valence-electron chi connectivity index (χ2n) is 4.93. The fraction of sp³-hybridized carbons (Fsp3) is 0.235. The van der Waals surface area contributed by atoms with Crippen LogP contribution in [-0.4, -0.2) is 38.0 Å². The van der Waals surface area contributed by atoms with Crippen molar-refractivity contribution in [3.05, 3.63) is 54.0 Å². The average Bonchev–Trinajstić information content (AvgIpc) is 3.16. The smallest absolute Gasteiger partial charge is 0.325 e. The van der Waals surface area contributed by atoms with E-state index in [0.29, 0.717) is 17.1 Å². The molecular formula is C17H18N2O6. The molecule has 8 heteroatoms. The summed E-state index contributed by atoms with van der Waals surface area (Å²) in [5.74, 6) is -0.397. The molecule has 0 saturated carbocycles. The first-order chi connectivity index (χ1) is 12.1. The zero-order valence-corrected chi connectivity index (χ0v) is 13.6. The number of nitrogens with one attached hydrogen (secondary N) is 2. The van der Waals surface area contributed by atoms with Crippen molar-refractivity contribution in [1.82, 2.24) is 10.6 Å². The molecule has 0 aliphatic heterocycles. The van der Waals surface area contributed by atoms with Crippen LogP contribution < -0.4 is 15.4 Å². The molecule has 2 amide bonds. The molecule has 1 aromatic heterocycles. The second-order valence-corrected chi connectivity index (χ2v) is 4.93. The minimum Gasteiger partial charge on any atom is -0.497 e. The topological polar surface area (TPSA) is 107 Å². The van der Waals surface area contributed by atoms with E-state index in [-0.39, 0.29) is 13.1 Å². The molecule has 0 bridgehead atoms. The van der Waals surface area contributed by atoms with Crippen LogP contribution in [0.1, 0.15) is 16.1 Å². The van der Waals surface area contributed by atoms with E-state index in [9.17, 15) is 14.4 Å². The third-order valence-corrected chi connectivity index (χ3v) is 3.15. The molecule has 132 valence electrons. The van der Waals surface area contributed by atoms with Crippen LogP contribution in [0.3, 0.4) is 0 Å². The van der Waals surface area contributed by atoms with Crippen LogP contribution in [0.15, 0.2) is 47.1 Å². The van der Waals surface area contributed by atoms with E-state index in [1.54, 1.807) is 36.4 Å². The summed E-state index contributed by atoms with van der Waals surface area (Å²) in [5, 5.41) is 4.95. The molecular weight excluding hydrogens is 328 g/mol. The molecule has 2 N–H and O–H groups in total. The van der Waals surface area contributed by atoms with Gasteiger partial charge in [-0.3, -0.25) is 14.4 Å². The van der Waals surface area contributed by atoms with Crippen LogP contribution >= 0.6 is 0 Å². The standard InChI is InChI=1S/C17H18N2O6/c1-23-13-6-4-12(5-7-13)17(22)19-10-16(21)25-11-15(20)18-9-14-3-2-8-24-14/h2-8H,9-11H2,1H3,(H,18,20)(H,19,22). The first-order valence-electron chi connectivity index (χ1n) is 7.45. The number of rotatable bonds is 8. The average molecular weight is 346 g/mol. The first-order valence-corrected chi connectivity index (χ1v) is 7.45. The number of ether oxygens (including phenoxy) is 2. The number of amides is 2. The molecule has 1 heterocycles. The van der Waals surface area contributed by atoms with Crippen LogP contribution in [0.5, 0.6) is 5.75 Å². The monoisotopic (exact) mass is 346 g/mol. The summed E-state index contributed by atoms with van der Waals surface area (Å²) in [5.41, 5.74) is 0.379. The molecule has 0 unspecified atom stereocenters. The highest BCUT2D eigenvalue weighted by atomic mass is 16.5. The zero-order chi connectivity index (χ0) is 18.1. The lowest BCUT2D eigenvalue weighted by Crippen LogP contribution is -2.33. The molecule has 0 atom stereocenters. The molecule has 0 radical (unpaired) electrons. The molecule has 0 aliphatic rings. The van der Waals surface area contributed by atoms with Gasteiger partial charge in [-0.1, -0.05) is 0 Å². The van der Waals surface area contributed by atoms with Gasteiger partial charge in [0, 0.05) is 5.56 Å². The predicted molar refractivity (Wildman–Crippen MR) is 86.8 cm³/mol. The van der Waals surface area contributed by atoms with Crippen molar-refractivity contribution in [2.24, 2.45) is 0 Å².